The third-order valence-corrected chi connectivity index (χ3v) is 5.34. The molecular weight excluding hydrogens is 390 g/mol. The van der Waals surface area contributed by atoms with Gasteiger partial charge in [-0.15, -0.1) is 0 Å². The Hall–Kier alpha value is -2.82. The van der Waals surface area contributed by atoms with E-state index in [0.717, 1.165) is 22.3 Å². The van der Waals surface area contributed by atoms with Crippen molar-refractivity contribution in [2.24, 2.45) is 0 Å². The summed E-state index contributed by atoms with van der Waals surface area (Å²) in [6.45, 7) is 12.6. The highest BCUT2D eigenvalue weighted by molar-refractivity contribution is 5.95. The van der Waals surface area contributed by atoms with Crippen LogP contribution in [0.15, 0.2) is 36.4 Å². The molecule has 1 amide bonds. The Bertz CT molecular complexity index is 896. The third-order valence-electron chi connectivity index (χ3n) is 5.34. The fourth-order valence-electron chi connectivity index (χ4n) is 3.46. The van der Waals surface area contributed by atoms with Gasteiger partial charge in [0.1, 0.15) is 5.75 Å². The molecule has 5 heteroatoms. The van der Waals surface area contributed by atoms with Crippen LogP contribution in [0.25, 0.3) is 0 Å². The highest BCUT2D eigenvalue weighted by atomic mass is 16.4. The molecule has 0 spiro atoms. The van der Waals surface area contributed by atoms with Crippen molar-refractivity contribution >= 4 is 11.9 Å². The molecule has 0 radical (unpaired) electrons. The minimum Gasteiger partial charge on any atom is -0.507 e. The molecular formula is C26H35NO4. The minimum atomic E-state index is -0.801. The summed E-state index contributed by atoms with van der Waals surface area (Å²) in [6.07, 6.45) is 1.32. The maximum Gasteiger partial charge on any atom is 0.303 e. The topological polar surface area (TPSA) is 86.6 Å². The normalized spacial score (nSPS) is 11.9. The van der Waals surface area contributed by atoms with Crippen molar-refractivity contribution in [1.29, 1.82) is 0 Å². The van der Waals surface area contributed by atoms with Gasteiger partial charge < -0.3 is 15.5 Å². The van der Waals surface area contributed by atoms with Crippen molar-refractivity contribution in [2.75, 3.05) is 6.54 Å². The standard InChI is InChI=1S/C26H35NO4/c1-25(2,3)20-15-19(16-21(23(20)30)26(4,5)6)24(31)27-14-13-18-9-7-17(8-10-18)11-12-22(28)29/h7-10,15-16,30H,11-14H2,1-6H3,(H,27,31)(H,28,29). The second kappa shape index (κ2) is 9.54. The van der Waals surface area contributed by atoms with E-state index < -0.39 is 5.97 Å². The number of carbonyl (C=O) groups is 2. The predicted molar refractivity (Wildman–Crippen MR) is 124 cm³/mol. The van der Waals surface area contributed by atoms with Crippen LogP contribution in [0.4, 0.5) is 0 Å². The summed E-state index contributed by atoms with van der Waals surface area (Å²) in [5.74, 6) is -0.695. The molecule has 2 rings (SSSR count). The highest BCUT2D eigenvalue weighted by Gasteiger charge is 2.27. The second-order valence-electron chi connectivity index (χ2n) is 10.1. The Kier molecular flexibility index (Phi) is 7.53. The summed E-state index contributed by atoms with van der Waals surface area (Å²) in [7, 11) is 0. The molecule has 0 heterocycles. The lowest BCUT2D eigenvalue weighted by Gasteiger charge is -2.28. The first-order valence-corrected chi connectivity index (χ1v) is 10.7. The molecule has 3 N–H and O–H groups in total. The summed E-state index contributed by atoms with van der Waals surface area (Å²) in [6, 6.07) is 11.4. The molecule has 0 aliphatic heterocycles. The summed E-state index contributed by atoms with van der Waals surface area (Å²) in [5.41, 5.74) is 3.58. The van der Waals surface area contributed by atoms with Crippen molar-refractivity contribution in [2.45, 2.75) is 71.6 Å². The van der Waals surface area contributed by atoms with E-state index in [1.54, 1.807) is 12.1 Å². The van der Waals surface area contributed by atoms with Crippen LogP contribution in [0.5, 0.6) is 5.75 Å². The molecule has 0 aliphatic rings. The zero-order valence-corrected chi connectivity index (χ0v) is 19.5. The Balaban J connectivity index is 2.09. The SMILES string of the molecule is CC(C)(C)c1cc(C(=O)NCCc2ccc(CCC(=O)O)cc2)cc(C(C)(C)C)c1O. The summed E-state index contributed by atoms with van der Waals surface area (Å²) < 4.78 is 0. The van der Waals surface area contributed by atoms with Gasteiger partial charge in [0.2, 0.25) is 0 Å². The van der Waals surface area contributed by atoms with Gasteiger partial charge in [-0.05, 0) is 46.9 Å². The van der Waals surface area contributed by atoms with Crippen molar-refractivity contribution in [1.82, 2.24) is 5.32 Å². The molecule has 2 aromatic carbocycles. The van der Waals surface area contributed by atoms with E-state index in [1.165, 1.54) is 0 Å². The van der Waals surface area contributed by atoms with E-state index in [2.05, 4.69) is 5.32 Å². The molecule has 0 atom stereocenters. The van der Waals surface area contributed by atoms with E-state index in [4.69, 9.17) is 5.11 Å². The smallest absolute Gasteiger partial charge is 0.303 e. The van der Waals surface area contributed by atoms with Gasteiger partial charge in [-0.2, -0.15) is 0 Å². The number of hydrogen-bond donors (Lipinski definition) is 3. The largest absolute Gasteiger partial charge is 0.507 e. The number of aromatic hydroxyl groups is 1. The number of phenolic OH excluding ortho intramolecular Hbond substituents is 1. The van der Waals surface area contributed by atoms with E-state index in [9.17, 15) is 14.7 Å². The predicted octanol–water partition coefficient (Wildman–Crippen LogP) is 4.98. The Morgan fingerprint density at radius 2 is 1.29 bits per heavy atom. The molecule has 0 aliphatic carbocycles. The van der Waals surface area contributed by atoms with Gasteiger partial charge in [-0.25, -0.2) is 0 Å². The van der Waals surface area contributed by atoms with Crippen molar-refractivity contribution < 1.29 is 19.8 Å². The van der Waals surface area contributed by atoms with Gasteiger partial charge in [0.25, 0.3) is 5.91 Å². The number of carboxylic acid groups (broad SMARTS) is 1. The Morgan fingerprint density at radius 1 is 0.839 bits per heavy atom. The van der Waals surface area contributed by atoms with Crippen molar-refractivity contribution in [3.8, 4) is 5.75 Å². The Labute approximate surface area is 185 Å². The molecule has 31 heavy (non-hydrogen) atoms. The van der Waals surface area contributed by atoms with Crippen LogP contribution in [0.2, 0.25) is 0 Å². The maximum absolute atomic E-state index is 12.9. The number of benzene rings is 2. The van der Waals surface area contributed by atoms with Gasteiger partial charge in [0, 0.05) is 29.7 Å². The average molecular weight is 426 g/mol. The lowest BCUT2D eigenvalue weighted by molar-refractivity contribution is -0.136. The molecule has 0 fully saturated rings. The van der Waals surface area contributed by atoms with E-state index in [0.29, 0.717) is 24.9 Å². The molecule has 0 saturated carbocycles. The van der Waals surface area contributed by atoms with Gasteiger partial charge in [-0.3, -0.25) is 9.59 Å². The number of nitrogens with one attached hydrogen (secondary N) is 1. The monoisotopic (exact) mass is 425 g/mol. The highest BCUT2D eigenvalue weighted by Crippen LogP contribution is 2.39. The zero-order chi connectivity index (χ0) is 23.4. The van der Waals surface area contributed by atoms with Gasteiger partial charge >= 0.3 is 5.97 Å². The lowest BCUT2D eigenvalue weighted by Crippen LogP contribution is -2.27. The second-order valence-corrected chi connectivity index (χ2v) is 10.1. The van der Waals surface area contributed by atoms with E-state index in [-0.39, 0.29) is 28.9 Å². The van der Waals surface area contributed by atoms with Crippen LogP contribution < -0.4 is 5.32 Å². The van der Waals surface area contributed by atoms with Crippen LogP contribution >= 0.6 is 0 Å². The third kappa shape index (κ3) is 6.84. The number of rotatable bonds is 7. The van der Waals surface area contributed by atoms with E-state index >= 15 is 0 Å². The minimum absolute atomic E-state index is 0.120. The fraction of sp³-hybridized carbons (Fsp3) is 0.462. The first-order valence-electron chi connectivity index (χ1n) is 10.7. The van der Waals surface area contributed by atoms with Crippen LogP contribution in [0.1, 0.15) is 80.6 Å². The molecule has 5 nitrogen and oxygen atoms in total. The molecule has 0 unspecified atom stereocenters. The van der Waals surface area contributed by atoms with Crippen LogP contribution in [-0.4, -0.2) is 28.6 Å². The molecule has 2 aromatic rings. The lowest BCUT2D eigenvalue weighted by atomic mass is 9.78. The summed E-state index contributed by atoms with van der Waals surface area (Å²) in [5, 5.41) is 22.6. The van der Waals surface area contributed by atoms with Crippen molar-refractivity contribution in [3.05, 3.63) is 64.2 Å². The number of carboxylic acids is 1. The Morgan fingerprint density at radius 3 is 1.71 bits per heavy atom. The fourth-order valence-corrected chi connectivity index (χ4v) is 3.46. The molecule has 0 bridgehead atoms. The molecule has 168 valence electrons. The van der Waals surface area contributed by atoms with Gasteiger partial charge in [-0.1, -0.05) is 65.8 Å². The van der Waals surface area contributed by atoms with Crippen LogP contribution in [-0.2, 0) is 28.5 Å². The number of phenols is 1. The number of hydrogen-bond acceptors (Lipinski definition) is 3. The van der Waals surface area contributed by atoms with E-state index in [1.807, 2.05) is 65.8 Å². The zero-order valence-electron chi connectivity index (χ0n) is 19.5. The first kappa shape index (κ1) is 24.4. The number of aryl methyl sites for hydroxylation is 1. The number of carbonyl (C=O) groups excluding carboxylic acids is 1. The average Bonchev–Trinajstić information content (AvgIpc) is 2.65. The molecule has 0 aromatic heterocycles. The summed E-state index contributed by atoms with van der Waals surface area (Å²) in [4.78, 5) is 23.5. The number of amides is 1. The van der Waals surface area contributed by atoms with Crippen LogP contribution in [0.3, 0.4) is 0 Å². The van der Waals surface area contributed by atoms with Crippen molar-refractivity contribution in [3.63, 3.8) is 0 Å². The number of aliphatic carboxylic acids is 1. The van der Waals surface area contributed by atoms with Crippen LogP contribution in [0, 0.1) is 0 Å². The first-order chi connectivity index (χ1) is 14.3. The summed E-state index contributed by atoms with van der Waals surface area (Å²) >= 11 is 0. The van der Waals surface area contributed by atoms with Gasteiger partial charge in [0.05, 0.1) is 0 Å². The quantitative estimate of drug-likeness (QED) is 0.584. The maximum atomic E-state index is 12.9. The van der Waals surface area contributed by atoms with Gasteiger partial charge in [0.15, 0.2) is 0 Å². The molecule has 0 saturated heterocycles.